The van der Waals surface area contributed by atoms with Crippen molar-refractivity contribution < 1.29 is 13.2 Å². The number of carbonyl (C=O) groups excluding carboxylic acids is 1. The normalized spacial score (nSPS) is 25.6. The third kappa shape index (κ3) is 3.96. The van der Waals surface area contributed by atoms with Crippen LogP contribution in [0.4, 0.5) is 0 Å². The first kappa shape index (κ1) is 14.4. The van der Waals surface area contributed by atoms with Gasteiger partial charge in [0.25, 0.3) is 0 Å². The van der Waals surface area contributed by atoms with Gasteiger partial charge in [-0.15, -0.1) is 0 Å². The van der Waals surface area contributed by atoms with E-state index in [1.54, 1.807) is 11.8 Å². The fraction of sp³-hybridized carbons (Fsp3) is 0.909. The lowest BCUT2D eigenvalue weighted by molar-refractivity contribution is -0.136. The SMILES string of the molecule is CCNCC(C)C(=O)N1CCS(=O)(=O)CC1C. The van der Waals surface area contributed by atoms with Crippen LogP contribution in [0, 0.1) is 5.92 Å². The van der Waals surface area contributed by atoms with Crippen LogP contribution in [0.3, 0.4) is 0 Å². The second kappa shape index (κ2) is 5.82. The highest BCUT2D eigenvalue weighted by Gasteiger charge is 2.32. The zero-order chi connectivity index (χ0) is 13.1. The van der Waals surface area contributed by atoms with Crippen LogP contribution in [-0.4, -0.2) is 56.4 Å². The molecule has 1 fully saturated rings. The van der Waals surface area contributed by atoms with Gasteiger partial charge in [0.1, 0.15) is 0 Å². The largest absolute Gasteiger partial charge is 0.338 e. The Labute approximate surface area is 103 Å². The summed E-state index contributed by atoms with van der Waals surface area (Å²) in [6.07, 6.45) is 0. The van der Waals surface area contributed by atoms with Crippen molar-refractivity contribution in [3.8, 4) is 0 Å². The van der Waals surface area contributed by atoms with Crippen LogP contribution in [-0.2, 0) is 14.6 Å². The number of rotatable bonds is 4. The number of hydrogen-bond donors (Lipinski definition) is 1. The van der Waals surface area contributed by atoms with Crippen LogP contribution in [0.2, 0.25) is 0 Å². The van der Waals surface area contributed by atoms with Crippen molar-refractivity contribution in [2.24, 2.45) is 5.92 Å². The second-order valence-electron chi connectivity index (χ2n) is 4.70. The minimum atomic E-state index is -2.95. The minimum absolute atomic E-state index is 0.0494. The molecule has 5 nitrogen and oxygen atoms in total. The Morgan fingerprint density at radius 2 is 2.18 bits per heavy atom. The first-order valence-corrected chi connectivity index (χ1v) is 7.91. The van der Waals surface area contributed by atoms with Crippen LogP contribution in [0.5, 0.6) is 0 Å². The number of amides is 1. The summed E-state index contributed by atoms with van der Waals surface area (Å²) in [4.78, 5) is 13.8. The summed E-state index contributed by atoms with van der Waals surface area (Å²) in [6.45, 7) is 7.48. The fourth-order valence-electron chi connectivity index (χ4n) is 2.06. The lowest BCUT2D eigenvalue weighted by Gasteiger charge is -2.35. The van der Waals surface area contributed by atoms with E-state index in [2.05, 4.69) is 5.32 Å². The number of hydrogen-bond acceptors (Lipinski definition) is 4. The van der Waals surface area contributed by atoms with Gasteiger partial charge in [0.05, 0.1) is 11.5 Å². The molecule has 100 valence electrons. The molecule has 0 aromatic carbocycles. The molecule has 1 rings (SSSR count). The van der Waals surface area contributed by atoms with Crippen LogP contribution in [0.1, 0.15) is 20.8 Å². The zero-order valence-electron chi connectivity index (χ0n) is 10.8. The predicted molar refractivity (Wildman–Crippen MR) is 67.5 cm³/mol. The molecule has 2 atom stereocenters. The Morgan fingerprint density at radius 1 is 1.53 bits per heavy atom. The third-order valence-electron chi connectivity index (χ3n) is 3.08. The summed E-state index contributed by atoms with van der Waals surface area (Å²) < 4.78 is 22.8. The monoisotopic (exact) mass is 262 g/mol. The molecule has 1 aliphatic heterocycles. The van der Waals surface area contributed by atoms with E-state index in [1.807, 2.05) is 13.8 Å². The zero-order valence-corrected chi connectivity index (χ0v) is 11.6. The first-order chi connectivity index (χ1) is 7.87. The molecular weight excluding hydrogens is 240 g/mol. The van der Waals surface area contributed by atoms with Gasteiger partial charge in [0.15, 0.2) is 9.84 Å². The summed E-state index contributed by atoms with van der Waals surface area (Å²) in [5.74, 6) is 0.135. The highest BCUT2D eigenvalue weighted by Crippen LogP contribution is 2.14. The maximum absolute atomic E-state index is 12.1. The van der Waals surface area contributed by atoms with E-state index in [1.165, 1.54) is 0 Å². The van der Waals surface area contributed by atoms with Crippen LogP contribution < -0.4 is 5.32 Å². The van der Waals surface area contributed by atoms with Crippen molar-refractivity contribution in [1.29, 1.82) is 0 Å². The van der Waals surface area contributed by atoms with Crippen molar-refractivity contribution in [2.75, 3.05) is 31.1 Å². The molecular formula is C11H22N2O3S. The van der Waals surface area contributed by atoms with E-state index in [0.29, 0.717) is 13.1 Å². The molecule has 2 unspecified atom stereocenters. The number of nitrogens with zero attached hydrogens (tertiary/aromatic N) is 1. The van der Waals surface area contributed by atoms with Crippen molar-refractivity contribution in [1.82, 2.24) is 10.2 Å². The summed E-state index contributed by atoms with van der Waals surface area (Å²) in [6, 6.07) is -0.203. The average Bonchev–Trinajstić information content (AvgIpc) is 2.23. The quantitative estimate of drug-likeness (QED) is 0.767. The van der Waals surface area contributed by atoms with E-state index in [4.69, 9.17) is 0 Å². The van der Waals surface area contributed by atoms with E-state index in [0.717, 1.165) is 6.54 Å². The van der Waals surface area contributed by atoms with Gasteiger partial charge in [-0.1, -0.05) is 13.8 Å². The molecule has 0 bridgehead atoms. The standard InChI is InChI=1S/C11H22N2O3S/c1-4-12-7-9(2)11(14)13-5-6-17(15,16)8-10(13)3/h9-10,12H,4-8H2,1-3H3. The number of sulfone groups is 1. The Morgan fingerprint density at radius 3 is 2.71 bits per heavy atom. The van der Waals surface area contributed by atoms with Gasteiger partial charge in [-0.05, 0) is 13.5 Å². The lowest BCUT2D eigenvalue weighted by Crippen LogP contribution is -2.52. The van der Waals surface area contributed by atoms with Gasteiger partial charge >= 0.3 is 0 Å². The highest BCUT2D eigenvalue weighted by atomic mass is 32.2. The van der Waals surface area contributed by atoms with Crippen molar-refractivity contribution in [3.63, 3.8) is 0 Å². The minimum Gasteiger partial charge on any atom is -0.338 e. The summed E-state index contributed by atoms with van der Waals surface area (Å²) in [5.41, 5.74) is 0. The van der Waals surface area contributed by atoms with E-state index >= 15 is 0 Å². The maximum atomic E-state index is 12.1. The van der Waals surface area contributed by atoms with Crippen molar-refractivity contribution in [2.45, 2.75) is 26.8 Å². The smallest absolute Gasteiger partial charge is 0.226 e. The van der Waals surface area contributed by atoms with Crippen molar-refractivity contribution >= 4 is 15.7 Å². The molecule has 0 saturated carbocycles. The van der Waals surface area contributed by atoms with Crippen LogP contribution in [0.25, 0.3) is 0 Å². The fourth-order valence-corrected chi connectivity index (χ4v) is 3.61. The van der Waals surface area contributed by atoms with Gasteiger partial charge in [0, 0.05) is 25.0 Å². The van der Waals surface area contributed by atoms with Gasteiger partial charge in [-0.2, -0.15) is 0 Å². The topological polar surface area (TPSA) is 66.5 Å². The lowest BCUT2D eigenvalue weighted by atomic mass is 10.1. The molecule has 1 N–H and O–H groups in total. The Bertz CT molecular complexity index is 367. The molecule has 17 heavy (non-hydrogen) atoms. The van der Waals surface area contributed by atoms with Crippen LogP contribution in [0.15, 0.2) is 0 Å². The van der Waals surface area contributed by atoms with Crippen LogP contribution >= 0.6 is 0 Å². The predicted octanol–water partition coefficient (Wildman–Crippen LogP) is -0.122. The van der Waals surface area contributed by atoms with E-state index in [-0.39, 0.29) is 29.4 Å². The van der Waals surface area contributed by atoms with Gasteiger partial charge < -0.3 is 10.2 Å². The van der Waals surface area contributed by atoms with E-state index in [9.17, 15) is 13.2 Å². The second-order valence-corrected chi connectivity index (χ2v) is 6.93. The Hall–Kier alpha value is -0.620. The molecule has 0 aromatic rings. The van der Waals surface area contributed by atoms with Gasteiger partial charge in [-0.25, -0.2) is 8.42 Å². The Kier molecular flexibility index (Phi) is 4.94. The molecule has 6 heteroatoms. The summed E-state index contributed by atoms with van der Waals surface area (Å²) in [7, 11) is -2.95. The van der Waals surface area contributed by atoms with Gasteiger partial charge in [0.2, 0.25) is 5.91 Å². The molecule has 0 spiro atoms. The number of carbonyl (C=O) groups is 1. The van der Waals surface area contributed by atoms with Crippen molar-refractivity contribution in [3.05, 3.63) is 0 Å². The Balaban J connectivity index is 2.58. The molecule has 0 aliphatic carbocycles. The molecule has 1 saturated heterocycles. The van der Waals surface area contributed by atoms with Gasteiger partial charge in [-0.3, -0.25) is 4.79 Å². The summed E-state index contributed by atoms with van der Waals surface area (Å²) >= 11 is 0. The molecule has 0 radical (unpaired) electrons. The average molecular weight is 262 g/mol. The third-order valence-corrected chi connectivity index (χ3v) is 4.87. The first-order valence-electron chi connectivity index (χ1n) is 6.09. The maximum Gasteiger partial charge on any atom is 0.226 e. The summed E-state index contributed by atoms with van der Waals surface area (Å²) in [5, 5.41) is 3.13. The highest BCUT2D eigenvalue weighted by molar-refractivity contribution is 7.91. The van der Waals surface area contributed by atoms with E-state index < -0.39 is 9.84 Å². The molecule has 1 aliphatic rings. The molecule has 0 aromatic heterocycles. The molecule has 1 amide bonds. The number of nitrogens with one attached hydrogen (secondary N) is 1. The molecule has 1 heterocycles.